The van der Waals surface area contributed by atoms with Crippen LogP contribution in [0.25, 0.3) is 11.3 Å². The molecule has 0 atom stereocenters. The lowest BCUT2D eigenvalue weighted by Gasteiger charge is -2.01. The second-order valence-corrected chi connectivity index (χ2v) is 3.14. The molecule has 5 nitrogen and oxygen atoms in total. The Kier molecular flexibility index (Phi) is 2.51. The molecular formula is C10H5F2NO4. The number of halogens is 2. The van der Waals surface area contributed by atoms with E-state index in [1.54, 1.807) is 0 Å². The maximum absolute atomic E-state index is 13.0. The van der Waals surface area contributed by atoms with Gasteiger partial charge in [-0.3, -0.25) is 0 Å². The van der Waals surface area contributed by atoms with Gasteiger partial charge in [-0.1, -0.05) is 5.16 Å². The zero-order valence-corrected chi connectivity index (χ0v) is 8.15. The first-order valence-electron chi connectivity index (χ1n) is 4.38. The van der Waals surface area contributed by atoms with E-state index in [4.69, 9.17) is 5.11 Å². The topological polar surface area (TPSA) is 83.6 Å². The molecule has 0 fully saturated rings. The molecule has 2 rings (SSSR count). The van der Waals surface area contributed by atoms with E-state index in [0.29, 0.717) is 0 Å². The van der Waals surface area contributed by atoms with Crippen molar-refractivity contribution in [3.8, 4) is 17.0 Å². The third-order valence-corrected chi connectivity index (χ3v) is 2.07. The number of aromatic nitrogens is 1. The first-order chi connectivity index (χ1) is 8.00. The highest BCUT2D eigenvalue weighted by Crippen LogP contribution is 2.32. The van der Waals surface area contributed by atoms with E-state index in [1.165, 1.54) is 0 Å². The van der Waals surface area contributed by atoms with Gasteiger partial charge in [0.1, 0.15) is 5.69 Å². The van der Waals surface area contributed by atoms with Gasteiger partial charge in [0.05, 0.1) is 0 Å². The highest BCUT2D eigenvalue weighted by Gasteiger charge is 2.18. The van der Waals surface area contributed by atoms with Crippen molar-refractivity contribution >= 4 is 5.97 Å². The van der Waals surface area contributed by atoms with Crippen LogP contribution in [0.4, 0.5) is 8.78 Å². The number of nitrogens with zero attached hydrogens (tertiary/aromatic N) is 1. The highest BCUT2D eigenvalue weighted by molar-refractivity contribution is 5.86. The Hall–Kier alpha value is -2.44. The molecule has 0 spiro atoms. The van der Waals surface area contributed by atoms with Crippen molar-refractivity contribution in [3.05, 3.63) is 35.6 Å². The minimum Gasteiger partial charge on any atom is -0.504 e. The Morgan fingerprint density at radius 2 is 2.06 bits per heavy atom. The Balaban J connectivity index is 2.53. The zero-order chi connectivity index (χ0) is 12.6. The summed E-state index contributed by atoms with van der Waals surface area (Å²) in [5, 5.41) is 21.3. The molecule has 1 aromatic heterocycles. The number of phenols is 1. The molecule has 7 heteroatoms. The summed E-state index contributed by atoms with van der Waals surface area (Å²) >= 11 is 0. The first-order valence-corrected chi connectivity index (χ1v) is 4.38. The number of aromatic hydroxyl groups is 1. The van der Waals surface area contributed by atoms with Gasteiger partial charge in [-0.2, -0.15) is 4.39 Å². The van der Waals surface area contributed by atoms with Crippen LogP contribution in [0.2, 0.25) is 0 Å². The minimum absolute atomic E-state index is 0.0983. The lowest BCUT2D eigenvalue weighted by atomic mass is 10.1. The molecule has 2 N–H and O–H groups in total. The standard InChI is InChI=1S/C10H5F2NO4/c11-5-2-1-4(9(14)8(5)12)6-3-7(10(15)16)17-13-6/h1-3,14H,(H,15,16). The lowest BCUT2D eigenvalue weighted by Crippen LogP contribution is -1.91. The Labute approximate surface area is 92.9 Å². The van der Waals surface area contributed by atoms with Gasteiger partial charge in [-0.25, -0.2) is 9.18 Å². The fourth-order valence-electron chi connectivity index (χ4n) is 1.25. The summed E-state index contributed by atoms with van der Waals surface area (Å²) in [5.41, 5.74) is -0.251. The third kappa shape index (κ3) is 1.82. The van der Waals surface area contributed by atoms with E-state index in [1.807, 2.05) is 0 Å². The smallest absolute Gasteiger partial charge is 0.374 e. The average Bonchev–Trinajstić information content (AvgIpc) is 2.75. The number of aromatic carboxylic acids is 1. The molecule has 0 bridgehead atoms. The SMILES string of the molecule is O=C(O)c1cc(-c2ccc(F)c(F)c2O)no1. The molecule has 2 aromatic rings. The van der Waals surface area contributed by atoms with Gasteiger partial charge >= 0.3 is 5.97 Å². The number of phenolic OH excluding ortho intramolecular Hbond substituents is 1. The van der Waals surface area contributed by atoms with Crippen molar-refractivity contribution in [2.24, 2.45) is 0 Å². The van der Waals surface area contributed by atoms with Crippen LogP contribution >= 0.6 is 0 Å². The maximum atomic E-state index is 13.0. The van der Waals surface area contributed by atoms with Gasteiger partial charge in [0.25, 0.3) is 0 Å². The average molecular weight is 241 g/mol. The van der Waals surface area contributed by atoms with Crippen molar-refractivity contribution < 1.29 is 28.3 Å². The van der Waals surface area contributed by atoms with Crippen molar-refractivity contribution in [1.29, 1.82) is 0 Å². The van der Waals surface area contributed by atoms with Crippen LogP contribution in [0, 0.1) is 11.6 Å². The summed E-state index contributed by atoms with van der Waals surface area (Å²) in [7, 11) is 0. The number of rotatable bonds is 2. The van der Waals surface area contributed by atoms with E-state index in [9.17, 15) is 18.7 Å². The molecule has 0 unspecified atom stereocenters. The molecule has 1 aromatic carbocycles. The second-order valence-electron chi connectivity index (χ2n) is 3.14. The van der Waals surface area contributed by atoms with E-state index < -0.39 is 29.1 Å². The second kappa shape index (κ2) is 3.85. The summed E-state index contributed by atoms with van der Waals surface area (Å²) in [6, 6.07) is 2.85. The van der Waals surface area contributed by atoms with Crippen LogP contribution in [-0.4, -0.2) is 21.3 Å². The number of carboxylic acid groups (broad SMARTS) is 1. The largest absolute Gasteiger partial charge is 0.504 e. The molecule has 0 aliphatic carbocycles. The number of hydrogen-bond acceptors (Lipinski definition) is 4. The van der Waals surface area contributed by atoms with Gasteiger partial charge in [-0.05, 0) is 12.1 Å². The van der Waals surface area contributed by atoms with E-state index >= 15 is 0 Å². The molecular weight excluding hydrogens is 236 g/mol. The van der Waals surface area contributed by atoms with Crippen LogP contribution in [-0.2, 0) is 0 Å². The van der Waals surface area contributed by atoms with Gasteiger partial charge in [0, 0.05) is 11.6 Å². The fraction of sp³-hybridized carbons (Fsp3) is 0. The molecule has 1 heterocycles. The summed E-state index contributed by atoms with van der Waals surface area (Å²) in [4.78, 5) is 10.5. The fourth-order valence-corrected chi connectivity index (χ4v) is 1.25. The summed E-state index contributed by atoms with van der Waals surface area (Å²) in [5.74, 6) is -5.42. The van der Waals surface area contributed by atoms with E-state index in [2.05, 4.69) is 9.68 Å². The van der Waals surface area contributed by atoms with Crippen LogP contribution in [0.3, 0.4) is 0 Å². The molecule has 0 amide bonds. The number of hydrogen-bond donors (Lipinski definition) is 2. The summed E-state index contributed by atoms with van der Waals surface area (Å²) in [6.45, 7) is 0. The summed E-state index contributed by atoms with van der Waals surface area (Å²) < 4.78 is 30.2. The minimum atomic E-state index is -1.43. The predicted octanol–water partition coefficient (Wildman–Crippen LogP) is 2.02. The molecule has 17 heavy (non-hydrogen) atoms. The third-order valence-electron chi connectivity index (χ3n) is 2.07. The Morgan fingerprint density at radius 1 is 1.35 bits per heavy atom. The molecule has 0 radical (unpaired) electrons. The monoisotopic (exact) mass is 241 g/mol. The first kappa shape index (κ1) is 11.1. The van der Waals surface area contributed by atoms with Crippen LogP contribution in [0.5, 0.6) is 5.75 Å². The predicted molar refractivity (Wildman–Crippen MR) is 50.5 cm³/mol. The number of carbonyl (C=O) groups is 1. The normalized spacial score (nSPS) is 10.5. The van der Waals surface area contributed by atoms with E-state index in [0.717, 1.165) is 18.2 Å². The van der Waals surface area contributed by atoms with Crippen LogP contribution in [0.15, 0.2) is 22.7 Å². The maximum Gasteiger partial charge on any atom is 0.374 e. The van der Waals surface area contributed by atoms with Crippen molar-refractivity contribution in [1.82, 2.24) is 5.16 Å². The van der Waals surface area contributed by atoms with Crippen LogP contribution in [0.1, 0.15) is 10.6 Å². The van der Waals surface area contributed by atoms with Gasteiger partial charge < -0.3 is 14.7 Å². The molecule has 0 saturated heterocycles. The van der Waals surface area contributed by atoms with E-state index in [-0.39, 0.29) is 11.3 Å². The van der Waals surface area contributed by atoms with Crippen molar-refractivity contribution in [2.75, 3.05) is 0 Å². The zero-order valence-electron chi connectivity index (χ0n) is 8.15. The van der Waals surface area contributed by atoms with Gasteiger partial charge in [-0.15, -0.1) is 0 Å². The molecule has 88 valence electrons. The van der Waals surface area contributed by atoms with Crippen LogP contribution < -0.4 is 0 Å². The van der Waals surface area contributed by atoms with Crippen molar-refractivity contribution in [3.63, 3.8) is 0 Å². The number of carboxylic acids is 1. The lowest BCUT2D eigenvalue weighted by molar-refractivity contribution is 0.0652. The summed E-state index contributed by atoms with van der Waals surface area (Å²) in [6.07, 6.45) is 0. The molecule has 0 saturated carbocycles. The quantitative estimate of drug-likeness (QED) is 0.840. The Bertz CT molecular complexity index is 594. The van der Waals surface area contributed by atoms with Crippen molar-refractivity contribution in [2.45, 2.75) is 0 Å². The number of benzene rings is 1. The van der Waals surface area contributed by atoms with Gasteiger partial charge in [0.2, 0.25) is 11.6 Å². The Morgan fingerprint density at radius 3 is 2.65 bits per heavy atom. The molecule has 0 aliphatic heterocycles. The van der Waals surface area contributed by atoms with Gasteiger partial charge in [0.15, 0.2) is 11.6 Å². The highest BCUT2D eigenvalue weighted by atomic mass is 19.2. The molecule has 0 aliphatic rings.